The van der Waals surface area contributed by atoms with Gasteiger partial charge in [-0.2, -0.15) is 0 Å². The van der Waals surface area contributed by atoms with E-state index in [0.717, 1.165) is 37.3 Å². The molecule has 0 aliphatic carbocycles. The van der Waals surface area contributed by atoms with Crippen molar-refractivity contribution in [3.05, 3.63) is 29.3 Å². The van der Waals surface area contributed by atoms with E-state index in [1.54, 1.807) is 18.2 Å². The third-order valence-corrected chi connectivity index (χ3v) is 6.40. The Morgan fingerprint density at radius 2 is 1.84 bits per heavy atom. The highest BCUT2D eigenvalue weighted by atomic mass is 16.4. The molecule has 1 unspecified atom stereocenters. The van der Waals surface area contributed by atoms with E-state index in [-0.39, 0.29) is 30.5 Å². The Labute approximate surface area is 184 Å². The highest BCUT2D eigenvalue weighted by Gasteiger charge is 2.45. The van der Waals surface area contributed by atoms with Gasteiger partial charge in [-0.3, -0.25) is 39.1 Å². The molecule has 10 nitrogen and oxygen atoms in total. The summed E-state index contributed by atoms with van der Waals surface area (Å²) >= 11 is 0. The zero-order valence-electron chi connectivity index (χ0n) is 17.6. The molecule has 0 aromatic heterocycles. The number of piperidine rings is 2. The molecule has 170 valence electrons. The Bertz CT molecular complexity index is 969. The Hall–Kier alpha value is -3.27. The molecule has 0 bridgehead atoms. The van der Waals surface area contributed by atoms with E-state index in [2.05, 4.69) is 10.6 Å². The first-order valence-electron chi connectivity index (χ1n) is 10.9. The summed E-state index contributed by atoms with van der Waals surface area (Å²) in [6.45, 7) is 2.19. The molecule has 0 spiro atoms. The molecule has 3 aliphatic rings. The van der Waals surface area contributed by atoms with Crippen LogP contribution >= 0.6 is 0 Å². The summed E-state index contributed by atoms with van der Waals surface area (Å²) in [5.74, 6) is -2.42. The maximum atomic E-state index is 13.1. The highest BCUT2D eigenvalue weighted by molar-refractivity contribution is 6.25. The van der Waals surface area contributed by atoms with E-state index in [0.29, 0.717) is 18.2 Å². The van der Waals surface area contributed by atoms with Crippen molar-refractivity contribution in [3.8, 4) is 0 Å². The van der Waals surface area contributed by atoms with Gasteiger partial charge in [0.2, 0.25) is 11.8 Å². The molecule has 2 fully saturated rings. The van der Waals surface area contributed by atoms with Crippen LogP contribution in [0.15, 0.2) is 18.2 Å². The van der Waals surface area contributed by atoms with Gasteiger partial charge in [0.15, 0.2) is 0 Å². The maximum absolute atomic E-state index is 13.1. The molecular weight excluding hydrogens is 416 g/mol. The number of carbonyl (C=O) groups excluding carboxylic acids is 4. The lowest BCUT2D eigenvalue weighted by atomic mass is 9.93. The van der Waals surface area contributed by atoms with Crippen molar-refractivity contribution in [3.63, 3.8) is 0 Å². The minimum absolute atomic E-state index is 0.0704. The zero-order valence-corrected chi connectivity index (χ0v) is 17.6. The lowest BCUT2D eigenvalue weighted by Gasteiger charge is -2.30. The summed E-state index contributed by atoms with van der Waals surface area (Å²) in [5, 5.41) is 14.4. The van der Waals surface area contributed by atoms with Gasteiger partial charge in [0.25, 0.3) is 11.8 Å². The fraction of sp³-hybridized carbons (Fsp3) is 0.500. The number of amides is 4. The Morgan fingerprint density at radius 1 is 1.09 bits per heavy atom. The molecule has 2 saturated heterocycles. The SMILES string of the molecule is O=C(O)CN1CCC(CCNc2cccc3c2C(=O)N(C2CCC(=O)NC2=O)C3=O)CC1. The predicted molar refractivity (Wildman–Crippen MR) is 113 cm³/mol. The number of likely N-dealkylation sites (tertiary alicyclic amines) is 1. The molecular formula is C22H26N4O6. The van der Waals surface area contributed by atoms with E-state index in [1.165, 1.54) is 0 Å². The molecule has 4 rings (SSSR count). The van der Waals surface area contributed by atoms with Gasteiger partial charge in [0, 0.05) is 18.7 Å². The Balaban J connectivity index is 1.38. The van der Waals surface area contributed by atoms with Crippen LogP contribution in [0.3, 0.4) is 0 Å². The molecule has 0 radical (unpaired) electrons. The maximum Gasteiger partial charge on any atom is 0.317 e. The number of carbonyl (C=O) groups is 5. The van der Waals surface area contributed by atoms with Crippen LogP contribution in [0.5, 0.6) is 0 Å². The zero-order chi connectivity index (χ0) is 22.8. The number of hydrogen-bond acceptors (Lipinski definition) is 7. The summed E-state index contributed by atoms with van der Waals surface area (Å²) < 4.78 is 0. The molecule has 10 heteroatoms. The molecule has 3 N–H and O–H groups in total. The number of fused-ring (bicyclic) bond motifs is 1. The molecule has 4 amide bonds. The molecule has 1 aromatic carbocycles. The average molecular weight is 442 g/mol. The normalized spacial score (nSPS) is 22.1. The van der Waals surface area contributed by atoms with Crippen LogP contribution in [0.25, 0.3) is 0 Å². The van der Waals surface area contributed by atoms with Crippen molar-refractivity contribution in [2.45, 2.75) is 38.1 Å². The number of carboxylic acid groups (broad SMARTS) is 1. The number of imide groups is 2. The van der Waals surface area contributed by atoms with Crippen molar-refractivity contribution >= 4 is 35.3 Å². The topological polar surface area (TPSA) is 136 Å². The third kappa shape index (κ3) is 4.36. The van der Waals surface area contributed by atoms with Crippen molar-refractivity contribution in [1.29, 1.82) is 0 Å². The summed E-state index contributed by atoms with van der Waals surface area (Å²) in [4.78, 5) is 63.3. The van der Waals surface area contributed by atoms with Crippen molar-refractivity contribution in [2.24, 2.45) is 5.92 Å². The van der Waals surface area contributed by atoms with Crippen molar-refractivity contribution < 1.29 is 29.1 Å². The van der Waals surface area contributed by atoms with Crippen LogP contribution in [0, 0.1) is 5.92 Å². The summed E-state index contributed by atoms with van der Waals surface area (Å²) in [6, 6.07) is 4.03. The second kappa shape index (κ2) is 9.07. The quantitative estimate of drug-likeness (QED) is 0.525. The Morgan fingerprint density at radius 3 is 2.53 bits per heavy atom. The monoisotopic (exact) mass is 442 g/mol. The first-order chi connectivity index (χ1) is 15.3. The lowest BCUT2D eigenvalue weighted by molar-refractivity contribution is -0.139. The van der Waals surface area contributed by atoms with E-state index in [9.17, 15) is 24.0 Å². The molecule has 1 atom stereocenters. The minimum atomic E-state index is -0.982. The summed E-state index contributed by atoms with van der Waals surface area (Å²) in [6.07, 6.45) is 2.91. The van der Waals surface area contributed by atoms with Crippen LogP contribution in [-0.4, -0.2) is 76.7 Å². The van der Waals surface area contributed by atoms with Crippen molar-refractivity contribution in [2.75, 3.05) is 31.5 Å². The molecule has 1 aromatic rings. The van der Waals surface area contributed by atoms with Crippen LogP contribution < -0.4 is 10.6 Å². The molecule has 0 saturated carbocycles. The van der Waals surface area contributed by atoms with Gasteiger partial charge in [-0.1, -0.05) is 6.07 Å². The number of nitrogens with one attached hydrogen (secondary N) is 2. The first kappa shape index (κ1) is 21.9. The average Bonchev–Trinajstić information content (AvgIpc) is 3.00. The van der Waals surface area contributed by atoms with Gasteiger partial charge in [0.05, 0.1) is 17.7 Å². The summed E-state index contributed by atoms with van der Waals surface area (Å²) in [5.41, 5.74) is 1.07. The second-order valence-corrected chi connectivity index (χ2v) is 8.50. The molecule has 32 heavy (non-hydrogen) atoms. The number of benzene rings is 1. The number of carboxylic acids is 1. The highest BCUT2D eigenvalue weighted by Crippen LogP contribution is 2.32. The van der Waals surface area contributed by atoms with E-state index >= 15 is 0 Å². The Kier molecular flexibility index (Phi) is 6.22. The van der Waals surface area contributed by atoms with E-state index in [1.807, 2.05) is 4.90 Å². The number of aliphatic carboxylic acids is 1. The van der Waals surface area contributed by atoms with Crippen molar-refractivity contribution in [1.82, 2.24) is 15.1 Å². The largest absolute Gasteiger partial charge is 0.480 e. The van der Waals surface area contributed by atoms with Gasteiger partial charge in [-0.15, -0.1) is 0 Å². The second-order valence-electron chi connectivity index (χ2n) is 8.50. The van der Waals surface area contributed by atoms with Crippen LogP contribution in [0.4, 0.5) is 5.69 Å². The number of hydrogen-bond donors (Lipinski definition) is 3. The van der Waals surface area contributed by atoms with Gasteiger partial charge < -0.3 is 10.4 Å². The fourth-order valence-electron chi connectivity index (χ4n) is 4.70. The van der Waals surface area contributed by atoms with Gasteiger partial charge >= 0.3 is 5.97 Å². The smallest absolute Gasteiger partial charge is 0.317 e. The first-order valence-corrected chi connectivity index (χ1v) is 10.9. The number of nitrogens with zero attached hydrogens (tertiary/aromatic N) is 2. The lowest BCUT2D eigenvalue weighted by Crippen LogP contribution is -2.54. The molecule has 3 heterocycles. The standard InChI is InChI=1S/C22H26N4O6/c27-17-5-4-16(20(30)24-17)26-21(31)14-2-1-3-15(19(14)22(26)32)23-9-6-13-7-10-25(11-8-13)12-18(28)29/h1-3,13,16,23H,4-12H2,(H,28,29)(H,24,27,30). The van der Waals surface area contributed by atoms with E-state index < -0.39 is 35.6 Å². The predicted octanol–water partition coefficient (Wildman–Crippen LogP) is 0.686. The summed E-state index contributed by atoms with van der Waals surface area (Å²) in [7, 11) is 0. The van der Waals surface area contributed by atoms with Crippen LogP contribution in [-0.2, 0) is 14.4 Å². The fourth-order valence-corrected chi connectivity index (χ4v) is 4.70. The number of rotatable bonds is 7. The van der Waals surface area contributed by atoms with Gasteiger partial charge in [-0.25, -0.2) is 0 Å². The third-order valence-electron chi connectivity index (χ3n) is 6.40. The van der Waals surface area contributed by atoms with E-state index in [4.69, 9.17) is 5.11 Å². The van der Waals surface area contributed by atoms with Crippen LogP contribution in [0.2, 0.25) is 0 Å². The number of anilines is 1. The molecule has 3 aliphatic heterocycles. The minimum Gasteiger partial charge on any atom is -0.480 e. The van der Waals surface area contributed by atoms with Gasteiger partial charge in [-0.05, 0) is 56.8 Å². The van der Waals surface area contributed by atoms with Gasteiger partial charge in [0.1, 0.15) is 6.04 Å². The van der Waals surface area contributed by atoms with Crippen LogP contribution in [0.1, 0.15) is 52.8 Å².